The van der Waals surface area contributed by atoms with Gasteiger partial charge in [0.15, 0.2) is 6.10 Å². The van der Waals surface area contributed by atoms with E-state index in [1.807, 2.05) is 36.4 Å². The van der Waals surface area contributed by atoms with Crippen LogP contribution in [0, 0.1) is 5.92 Å². The number of rotatable bonds is 7. The number of hydrogen-bond acceptors (Lipinski definition) is 4. The number of esters is 1. The molecule has 0 aromatic heterocycles. The highest BCUT2D eigenvalue weighted by Crippen LogP contribution is 2.50. The van der Waals surface area contributed by atoms with Crippen LogP contribution in [0.3, 0.4) is 0 Å². The van der Waals surface area contributed by atoms with Gasteiger partial charge < -0.3 is 15.2 Å². The maximum Gasteiger partial charge on any atom is 0.337 e. The summed E-state index contributed by atoms with van der Waals surface area (Å²) in [5.41, 5.74) is 1.66. The Balaban J connectivity index is 1.44. The number of benzene rings is 2. The predicted octanol–water partition coefficient (Wildman–Crippen LogP) is 3.32. The summed E-state index contributed by atoms with van der Waals surface area (Å²) < 4.78 is 5.05. The van der Waals surface area contributed by atoms with E-state index in [0.717, 1.165) is 11.1 Å². The standard InChI is InChI=1S/C20H19Cl2NO4/c21-16-8-4-7-13(18(16)22)14-9-15(14)19(25)23-10-17(24)20(26)27-11-12-5-2-1-3-6-12/h1-8,14-15,17,24H,9-11H2,(H,23,25)/t14-,15-,17+/m0/s1. The van der Waals surface area contributed by atoms with Crippen LogP contribution < -0.4 is 5.32 Å². The molecule has 3 rings (SSSR count). The third-order valence-electron chi connectivity index (χ3n) is 4.47. The molecule has 0 unspecified atom stereocenters. The number of nitrogens with one attached hydrogen (secondary N) is 1. The van der Waals surface area contributed by atoms with Crippen LogP contribution in [0.25, 0.3) is 0 Å². The fraction of sp³-hybridized carbons (Fsp3) is 0.300. The molecule has 0 heterocycles. The number of aliphatic hydroxyl groups is 1. The highest BCUT2D eigenvalue weighted by molar-refractivity contribution is 6.42. The number of amides is 1. The molecule has 2 aromatic rings. The zero-order valence-electron chi connectivity index (χ0n) is 14.4. The molecule has 1 saturated carbocycles. The minimum Gasteiger partial charge on any atom is -0.459 e. The first-order valence-corrected chi connectivity index (χ1v) is 9.33. The maximum absolute atomic E-state index is 12.2. The molecular weight excluding hydrogens is 389 g/mol. The molecule has 1 fully saturated rings. The van der Waals surface area contributed by atoms with E-state index in [1.165, 1.54) is 0 Å². The van der Waals surface area contributed by atoms with Gasteiger partial charge in [-0.25, -0.2) is 4.79 Å². The lowest BCUT2D eigenvalue weighted by Crippen LogP contribution is -2.38. The SMILES string of the molecule is O=C(OCc1ccccc1)[C@H](O)CNC(=O)[C@H]1C[C@H]1c1cccc(Cl)c1Cl. The molecule has 0 saturated heterocycles. The maximum atomic E-state index is 12.2. The lowest BCUT2D eigenvalue weighted by Gasteiger charge is -2.12. The normalized spacial score (nSPS) is 19.2. The zero-order valence-corrected chi connectivity index (χ0v) is 15.9. The second-order valence-corrected chi connectivity index (χ2v) is 7.23. The van der Waals surface area contributed by atoms with E-state index < -0.39 is 12.1 Å². The summed E-state index contributed by atoms with van der Waals surface area (Å²) in [5, 5.41) is 13.4. The van der Waals surface area contributed by atoms with Crippen molar-refractivity contribution in [1.82, 2.24) is 5.32 Å². The largest absolute Gasteiger partial charge is 0.459 e. The third-order valence-corrected chi connectivity index (χ3v) is 5.31. The zero-order chi connectivity index (χ0) is 19.4. The second-order valence-electron chi connectivity index (χ2n) is 6.45. The van der Waals surface area contributed by atoms with E-state index >= 15 is 0 Å². The van der Waals surface area contributed by atoms with Crippen LogP contribution in [0.15, 0.2) is 48.5 Å². The van der Waals surface area contributed by atoms with Gasteiger partial charge in [-0.3, -0.25) is 4.79 Å². The van der Waals surface area contributed by atoms with Gasteiger partial charge in [0.25, 0.3) is 0 Å². The number of ether oxygens (including phenoxy) is 1. The smallest absolute Gasteiger partial charge is 0.337 e. The Hall–Kier alpha value is -2.08. The van der Waals surface area contributed by atoms with Gasteiger partial charge >= 0.3 is 5.97 Å². The molecule has 7 heteroatoms. The van der Waals surface area contributed by atoms with Crippen molar-refractivity contribution in [2.24, 2.45) is 5.92 Å². The lowest BCUT2D eigenvalue weighted by molar-refractivity contribution is -0.154. The fourth-order valence-electron chi connectivity index (χ4n) is 2.87. The predicted molar refractivity (Wildman–Crippen MR) is 103 cm³/mol. The van der Waals surface area contributed by atoms with E-state index in [4.69, 9.17) is 27.9 Å². The minimum atomic E-state index is -1.41. The van der Waals surface area contributed by atoms with Gasteiger partial charge in [-0.1, -0.05) is 65.7 Å². The van der Waals surface area contributed by atoms with E-state index in [2.05, 4.69) is 5.32 Å². The molecule has 5 nitrogen and oxygen atoms in total. The highest BCUT2D eigenvalue weighted by Gasteiger charge is 2.45. The van der Waals surface area contributed by atoms with Crippen LogP contribution >= 0.6 is 23.2 Å². The van der Waals surface area contributed by atoms with Crippen molar-refractivity contribution in [3.63, 3.8) is 0 Å². The van der Waals surface area contributed by atoms with Crippen LogP contribution in [0.4, 0.5) is 0 Å². The third kappa shape index (κ3) is 5.01. The summed E-state index contributed by atoms with van der Waals surface area (Å²) >= 11 is 12.2. The Bertz CT molecular complexity index is 828. The van der Waals surface area contributed by atoms with E-state index in [1.54, 1.807) is 12.1 Å². The van der Waals surface area contributed by atoms with Gasteiger partial charge in [0.1, 0.15) is 6.61 Å². The summed E-state index contributed by atoms with van der Waals surface area (Å²) in [5.74, 6) is -1.25. The molecule has 1 aliphatic rings. The molecule has 0 bridgehead atoms. The van der Waals surface area contributed by atoms with Crippen LogP contribution in [0.2, 0.25) is 10.0 Å². The second kappa shape index (κ2) is 8.74. The molecule has 0 spiro atoms. The Morgan fingerprint density at radius 2 is 1.89 bits per heavy atom. The van der Waals surface area contributed by atoms with Crippen molar-refractivity contribution in [2.75, 3.05) is 6.54 Å². The van der Waals surface area contributed by atoms with E-state index in [0.29, 0.717) is 16.5 Å². The lowest BCUT2D eigenvalue weighted by atomic mass is 10.1. The van der Waals surface area contributed by atoms with Crippen LogP contribution in [0.5, 0.6) is 0 Å². The van der Waals surface area contributed by atoms with Crippen molar-refractivity contribution in [2.45, 2.75) is 25.0 Å². The topological polar surface area (TPSA) is 75.6 Å². The van der Waals surface area contributed by atoms with Gasteiger partial charge in [0.2, 0.25) is 5.91 Å². The Morgan fingerprint density at radius 1 is 1.15 bits per heavy atom. The number of carbonyl (C=O) groups is 2. The number of carbonyl (C=O) groups excluding carboxylic acids is 2. The minimum absolute atomic E-state index is 0.00150. The van der Waals surface area contributed by atoms with Crippen molar-refractivity contribution in [3.8, 4) is 0 Å². The number of hydrogen-bond donors (Lipinski definition) is 2. The van der Waals surface area contributed by atoms with E-state index in [-0.39, 0.29) is 30.9 Å². The summed E-state index contributed by atoms with van der Waals surface area (Å²) in [6.07, 6.45) is -0.759. The molecule has 0 aliphatic heterocycles. The number of aliphatic hydroxyl groups excluding tert-OH is 1. The van der Waals surface area contributed by atoms with Gasteiger partial charge in [0.05, 0.1) is 16.6 Å². The molecule has 2 N–H and O–H groups in total. The van der Waals surface area contributed by atoms with Gasteiger partial charge in [0, 0.05) is 5.92 Å². The van der Waals surface area contributed by atoms with Crippen molar-refractivity contribution in [3.05, 3.63) is 69.7 Å². The molecule has 2 aromatic carbocycles. The quantitative estimate of drug-likeness (QED) is 0.690. The molecule has 27 heavy (non-hydrogen) atoms. The van der Waals surface area contributed by atoms with Crippen molar-refractivity contribution >= 4 is 35.1 Å². The first kappa shape index (κ1) is 19.7. The molecule has 1 aliphatic carbocycles. The average molecular weight is 408 g/mol. The van der Waals surface area contributed by atoms with E-state index in [9.17, 15) is 14.7 Å². The molecule has 0 radical (unpaired) electrons. The first-order valence-electron chi connectivity index (χ1n) is 8.57. The first-order chi connectivity index (χ1) is 13.0. The Kier molecular flexibility index (Phi) is 6.37. The van der Waals surface area contributed by atoms with Crippen LogP contribution in [-0.4, -0.2) is 29.6 Å². The summed E-state index contributed by atoms with van der Waals surface area (Å²) in [4.78, 5) is 24.1. The summed E-state index contributed by atoms with van der Waals surface area (Å²) in [7, 11) is 0. The Morgan fingerprint density at radius 3 is 2.63 bits per heavy atom. The monoisotopic (exact) mass is 407 g/mol. The van der Waals surface area contributed by atoms with Gasteiger partial charge in [-0.15, -0.1) is 0 Å². The average Bonchev–Trinajstić information content (AvgIpc) is 3.47. The summed E-state index contributed by atoms with van der Waals surface area (Å²) in [6.45, 7) is -0.123. The molecule has 1 amide bonds. The number of halogens is 2. The molecule has 142 valence electrons. The van der Waals surface area contributed by atoms with Gasteiger partial charge in [-0.2, -0.15) is 0 Å². The van der Waals surface area contributed by atoms with Crippen LogP contribution in [-0.2, 0) is 20.9 Å². The highest BCUT2D eigenvalue weighted by atomic mass is 35.5. The van der Waals surface area contributed by atoms with Gasteiger partial charge in [-0.05, 0) is 29.5 Å². The molecule has 3 atom stereocenters. The van der Waals surface area contributed by atoms with Crippen molar-refractivity contribution < 1.29 is 19.4 Å². The molecular formula is C20H19Cl2NO4. The Labute approximate surface area is 167 Å². The summed E-state index contributed by atoms with van der Waals surface area (Å²) in [6, 6.07) is 14.5. The fourth-order valence-corrected chi connectivity index (χ4v) is 3.32. The van der Waals surface area contributed by atoms with Crippen molar-refractivity contribution in [1.29, 1.82) is 0 Å². The van der Waals surface area contributed by atoms with Crippen LogP contribution in [0.1, 0.15) is 23.5 Å².